The van der Waals surface area contributed by atoms with E-state index >= 15 is 4.57 Å². The third-order valence-electron chi connectivity index (χ3n) is 12.6. The quantitative estimate of drug-likeness (QED) is 0.162. The van der Waals surface area contributed by atoms with Crippen LogP contribution in [0, 0.1) is 0 Å². The highest BCUT2D eigenvalue weighted by atomic mass is 31.2. The van der Waals surface area contributed by atoms with Crippen molar-refractivity contribution in [2.45, 2.75) is 212 Å². The summed E-state index contributed by atoms with van der Waals surface area (Å²) in [5.74, 6) is 4.53. The predicted octanol–water partition coefficient (Wildman–Crippen LogP) is 15.6. The first kappa shape index (κ1) is 52.0. The summed E-state index contributed by atoms with van der Waals surface area (Å²) in [6.45, 7) is 68.7. The summed E-state index contributed by atoms with van der Waals surface area (Å²) in [6, 6.07) is 10.5. The molecule has 0 spiro atoms. The highest BCUT2D eigenvalue weighted by Gasteiger charge is 2.48. The summed E-state index contributed by atoms with van der Waals surface area (Å²) in [4.78, 5) is 0. The second kappa shape index (κ2) is 16.3. The molecule has 0 bridgehead atoms. The lowest BCUT2D eigenvalue weighted by Crippen LogP contribution is -2.54. The first-order valence-corrected chi connectivity index (χ1v) is 47.5. The van der Waals surface area contributed by atoms with Gasteiger partial charge in [-0.3, -0.25) is 0 Å². The van der Waals surface area contributed by atoms with Gasteiger partial charge in [0.25, 0.3) is 0 Å². The zero-order valence-electron chi connectivity index (χ0n) is 43.2. The fourth-order valence-corrected chi connectivity index (χ4v) is 57.1. The second-order valence-corrected chi connectivity index (χ2v) is 66.2. The maximum absolute atomic E-state index is 16.0. The molecule has 1 nitrogen and oxygen atoms in total. The SMILES string of the molecule is CC(C)(C)c1cc(C(C)(C)C)c(P2(=O)C=C[Si](c3c(C([Si](C)(C)C)[Si](C)(C)C)cc(C([Si](C)(C)C)[Si](C)(C)C)cc3C([Si](C)(C)C)[Si](C)(C)C)C=C2)c(C(C)(C)C)c1. The van der Waals surface area contributed by atoms with Gasteiger partial charge in [0.2, 0.25) is 0 Å². The fourth-order valence-electron chi connectivity index (χ4n) is 11.8. The van der Waals surface area contributed by atoms with Gasteiger partial charge in [-0.1, -0.05) is 216 Å². The van der Waals surface area contributed by atoms with E-state index in [0.29, 0.717) is 15.5 Å². The fraction of sp³-hybridized carbons (Fsp3) is 0.673. The van der Waals surface area contributed by atoms with Crippen LogP contribution in [0.4, 0.5) is 0 Å². The molecule has 3 rings (SSSR count). The average molecular weight is 925 g/mol. The maximum atomic E-state index is 16.0. The Morgan fingerprint density at radius 3 is 0.983 bits per heavy atom. The maximum Gasteiger partial charge on any atom is 0.156 e. The molecular weight excluding hydrogens is 832 g/mol. The van der Waals surface area contributed by atoms with E-state index in [0.717, 1.165) is 5.30 Å². The first-order chi connectivity index (χ1) is 25.3. The molecule has 0 unspecified atom stereocenters. The standard InChI is InChI=1S/C49H92OPSi7/c1-47(2,3)37-34-40(48(4,5)6)42(41(35-37)49(7,8)9)51(50)28-30-52(31-29-51)43-38(45(55(16,17)18)56(19,20)21)32-36(44(53(10,11)12)54(13,14)15)33-39(43)46(57(22,23)24)58(25,26)27/h28-35,44-46H,1-27H3. The van der Waals surface area contributed by atoms with Gasteiger partial charge in [0.1, 0.15) is 8.80 Å². The third-order valence-corrected chi connectivity index (χ3v) is 45.6. The van der Waals surface area contributed by atoms with Crippen molar-refractivity contribution in [2.24, 2.45) is 0 Å². The van der Waals surface area contributed by atoms with E-state index in [1.165, 1.54) is 16.7 Å². The van der Waals surface area contributed by atoms with Crippen LogP contribution < -0.4 is 10.5 Å². The smallest absolute Gasteiger partial charge is 0.156 e. The summed E-state index contributed by atoms with van der Waals surface area (Å²) in [5, 5.41) is 4.77. The first-order valence-electron chi connectivity index (χ1n) is 22.6. The van der Waals surface area contributed by atoms with Crippen molar-refractivity contribution in [3.8, 4) is 0 Å². The largest absolute Gasteiger partial charge is 0.310 e. The van der Waals surface area contributed by atoms with Crippen LogP contribution in [0.3, 0.4) is 0 Å². The van der Waals surface area contributed by atoms with E-state index in [4.69, 9.17) is 0 Å². The monoisotopic (exact) mass is 924 g/mol. The van der Waals surface area contributed by atoms with Crippen LogP contribution in [0.1, 0.15) is 111 Å². The van der Waals surface area contributed by atoms with Crippen LogP contribution in [0.25, 0.3) is 0 Å². The van der Waals surface area contributed by atoms with Gasteiger partial charge in [-0.25, -0.2) is 0 Å². The van der Waals surface area contributed by atoms with Crippen molar-refractivity contribution in [3.05, 3.63) is 80.7 Å². The van der Waals surface area contributed by atoms with Gasteiger partial charge in [0.05, 0.1) is 0 Å². The Balaban J connectivity index is 2.67. The molecule has 0 atom stereocenters. The minimum atomic E-state index is -3.03. The molecule has 0 aliphatic carbocycles. The Labute approximate surface area is 369 Å². The summed E-state index contributed by atoms with van der Waals surface area (Å²) in [5.41, 5.74) is 13.8. The molecule has 0 saturated heterocycles. The Morgan fingerprint density at radius 1 is 0.448 bits per heavy atom. The Kier molecular flexibility index (Phi) is 14.7. The molecular formula is C49H92OPSi7. The van der Waals surface area contributed by atoms with Crippen molar-refractivity contribution in [2.75, 3.05) is 0 Å². The van der Waals surface area contributed by atoms with Crippen LogP contribution in [-0.2, 0) is 20.8 Å². The zero-order valence-corrected chi connectivity index (χ0v) is 51.1. The van der Waals surface area contributed by atoms with Crippen molar-refractivity contribution in [1.82, 2.24) is 0 Å². The van der Waals surface area contributed by atoms with Crippen LogP contribution in [-0.4, -0.2) is 57.2 Å². The number of rotatable bonds is 11. The highest BCUT2D eigenvalue weighted by Crippen LogP contribution is 2.55. The van der Waals surface area contributed by atoms with Gasteiger partial charge in [-0.2, -0.15) is 0 Å². The summed E-state index contributed by atoms with van der Waals surface area (Å²) < 4.78 is 16.0. The van der Waals surface area contributed by atoms with Crippen LogP contribution in [0.2, 0.25) is 118 Å². The molecule has 1 aliphatic rings. The molecule has 327 valence electrons. The van der Waals surface area contributed by atoms with Gasteiger partial charge in [0, 0.05) is 53.7 Å². The molecule has 0 aromatic heterocycles. The predicted molar refractivity (Wildman–Crippen MR) is 288 cm³/mol. The van der Waals surface area contributed by atoms with E-state index in [1.54, 1.807) is 21.9 Å². The lowest BCUT2D eigenvalue weighted by Gasteiger charge is -2.46. The minimum Gasteiger partial charge on any atom is -0.310 e. The van der Waals surface area contributed by atoms with E-state index in [1.807, 2.05) is 0 Å². The second-order valence-electron chi connectivity index (χ2n) is 28.0. The van der Waals surface area contributed by atoms with Crippen LogP contribution in [0.5, 0.6) is 0 Å². The van der Waals surface area contributed by atoms with Crippen LogP contribution >= 0.6 is 7.14 Å². The molecule has 9 heteroatoms. The number of hydrogen-bond donors (Lipinski definition) is 0. The number of hydrogen-bond acceptors (Lipinski definition) is 1. The molecule has 0 fully saturated rings. The van der Waals surface area contributed by atoms with E-state index < -0.39 is 64.4 Å². The van der Waals surface area contributed by atoms with Crippen molar-refractivity contribution >= 4 is 74.9 Å². The van der Waals surface area contributed by atoms with Gasteiger partial charge < -0.3 is 4.57 Å². The molecule has 2 aromatic rings. The van der Waals surface area contributed by atoms with E-state index in [9.17, 15) is 0 Å². The van der Waals surface area contributed by atoms with E-state index in [-0.39, 0.29) is 16.2 Å². The van der Waals surface area contributed by atoms with Gasteiger partial charge in [0.15, 0.2) is 7.14 Å². The van der Waals surface area contributed by atoms with Crippen molar-refractivity contribution < 1.29 is 4.57 Å². The molecule has 1 radical (unpaired) electrons. The van der Waals surface area contributed by atoms with Gasteiger partial charge in [-0.05, 0) is 81.9 Å². The van der Waals surface area contributed by atoms with Crippen molar-refractivity contribution in [3.63, 3.8) is 0 Å². The molecule has 1 heterocycles. The highest BCUT2D eigenvalue weighted by molar-refractivity contribution is 7.78. The topological polar surface area (TPSA) is 17.1 Å². The minimum absolute atomic E-state index is 0.00306. The Morgan fingerprint density at radius 2 is 0.741 bits per heavy atom. The van der Waals surface area contributed by atoms with Gasteiger partial charge >= 0.3 is 0 Å². The Hall–Kier alpha value is -0.332. The van der Waals surface area contributed by atoms with E-state index in [2.05, 4.69) is 227 Å². The van der Waals surface area contributed by atoms with Crippen LogP contribution in [0.15, 0.2) is 47.3 Å². The zero-order chi connectivity index (χ0) is 45.6. The molecule has 2 aromatic carbocycles. The molecule has 1 aliphatic heterocycles. The molecule has 0 amide bonds. The molecule has 0 saturated carbocycles. The van der Waals surface area contributed by atoms with Gasteiger partial charge in [-0.15, -0.1) is 0 Å². The molecule has 0 N–H and O–H groups in total. The Bertz CT molecular complexity index is 1780. The normalized spacial score (nSPS) is 17.0. The molecule has 58 heavy (non-hydrogen) atoms. The summed E-state index contributed by atoms with van der Waals surface area (Å²) >= 11 is 0. The summed E-state index contributed by atoms with van der Waals surface area (Å²) in [6.07, 6.45) is 0. The third kappa shape index (κ3) is 11.6. The van der Waals surface area contributed by atoms with Crippen molar-refractivity contribution in [1.29, 1.82) is 0 Å². The number of benzene rings is 2. The average Bonchev–Trinajstić information content (AvgIpc) is 2.91. The summed E-state index contributed by atoms with van der Waals surface area (Å²) in [7, 11) is -14.3. The lowest BCUT2D eigenvalue weighted by molar-refractivity contribution is 0.550. The lowest BCUT2D eigenvalue weighted by atomic mass is 9.75.